The normalized spacial score (nSPS) is 17.4. The Morgan fingerprint density at radius 1 is 1.20 bits per heavy atom. The van der Waals surface area contributed by atoms with Crippen LogP contribution in [-0.4, -0.2) is 41.6 Å². The number of benzene rings is 1. The van der Waals surface area contributed by atoms with E-state index in [-0.39, 0.29) is 19.8 Å². The number of morpholine rings is 1. The number of carbonyl (C=O) groups excluding carboxylic acids is 2. The van der Waals surface area contributed by atoms with E-state index in [9.17, 15) is 14.7 Å². The lowest BCUT2D eigenvalue weighted by Gasteiger charge is -2.27. The topological polar surface area (TPSA) is 66.8 Å². The zero-order valence-electron chi connectivity index (χ0n) is 11.5. The van der Waals surface area contributed by atoms with Gasteiger partial charge in [-0.15, -0.1) is 0 Å². The number of rotatable bonds is 5. The lowest BCUT2D eigenvalue weighted by Crippen LogP contribution is -2.47. The van der Waals surface area contributed by atoms with E-state index in [0.29, 0.717) is 5.56 Å². The van der Waals surface area contributed by atoms with Crippen molar-refractivity contribution < 1.29 is 19.4 Å². The van der Waals surface area contributed by atoms with Gasteiger partial charge in [0.2, 0.25) is 0 Å². The van der Waals surface area contributed by atoms with E-state index >= 15 is 0 Å². The van der Waals surface area contributed by atoms with Crippen LogP contribution < -0.4 is 0 Å². The molecule has 1 aromatic rings. The predicted molar refractivity (Wildman–Crippen MR) is 72.9 cm³/mol. The van der Waals surface area contributed by atoms with Gasteiger partial charge in [0.15, 0.2) is 0 Å². The van der Waals surface area contributed by atoms with Crippen molar-refractivity contribution in [2.75, 3.05) is 19.8 Å². The molecule has 0 aliphatic carbocycles. The van der Waals surface area contributed by atoms with Crippen molar-refractivity contribution in [1.29, 1.82) is 0 Å². The molecule has 1 fully saturated rings. The molecule has 1 heterocycles. The summed E-state index contributed by atoms with van der Waals surface area (Å²) in [6.45, 7) is 1.88. The summed E-state index contributed by atoms with van der Waals surface area (Å²) in [6, 6.07) is 7.60. The number of aliphatic hydroxyl groups is 1. The average Bonchev–Trinajstić information content (AvgIpc) is 2.44. The van der Waals surface area contributed by atoms with Gasteiger partial charge < -0.3 is 9.84 Å². The number of hydrogen-bond acceptors (Lipinski definition) is 4. The number of aliphatic hydroxyl groups excluding tert-OH is 1. The second-order valence-corrected chi connectivity index (χ2v) is 4.90. The van der Waals surface area contributed by atoms with Crippen LogP contribution in [0.5, 0.6) is 0 Å². The van der Waals surface area contributed by atoms with Gasteiger partial charge in [-0.2, -0.15) is 0 Å². The molecule has 20 heavy (non-hydrogen) atoms. The van der Waals surface area contributed by atoms with Gasteiger partial charge >= 0.3 is 0 Å². The summed E-state index contributed by atoms with van der Waals surface area (Å²) < 4.78 is 4.83. The number of aryl methyl sites for hydroxylation is 1. The van der Waals surface area contributed by atoms with Crippen molar-refractivity contribution in [3.05, 3.63) is 35.4 Å². The van der Waals surface area contributed by atoms with Crippen molar-refractivity contribution >= 4 is 11.8 Å². The molecular formula is C15H19NO4. The van der Waals surface area contributed by atoms with E-state index in [2.05, 4.69) is 6.92 Å². The lowest BCUT2D eigenvalue weighted by molar-refractivity contribution is -0.160. The average molecular weight is 277 g/mol. The minimum Gasteiger partial charge on any atom is -0.387 e. The maximum absolute atomic E-state index is 11.6. The second-order valence-electron chi connectivity index (χ2n) is 4.90. The van der Waals surface area contributed by atoms with Gasteiger partial charge in [-0.1, -0.05) is 37.6 Å². The van der Waals surface area contributed by atoms with Crippen LogP contribution in [0.1, 0.15) is 30.6 Å². The smallest absolute Gasteiger partial charge is 0.255 e. The maximum Gasteiger partial charge on any atom is 0.255 e. The SMILES string of the molecule is CCCc1ccc(C(O)CN2C(=O)COCC2=O)cc1. The minimum absolute atomic E-state index is 0.0197. The molecule has 1 aliphatic heterocycles. The van der Waals surface area contributed by atoms with E-state index in [1.54, 1.807) is 0 Å². The molecule has 0 aromatic heterocycles. The molecule has 1 atom stereocenters. The van der Waals surface area contributed by atoms with Crippen LogP contribution >= 0.6 is 0 Å². The van der Waals surface area contributed by atoms with Gasteiger partial charge in [0.25, 0.3) is 11.8 Å². The Hall–Kier alpha value is -1.72. The Kier molecular flexibility index (Phi) is 4.87. The fraction of sp³-hybridized carbons (Fsp3) is 0.467. The number of nitrogens with zero attached hydrogens (tertiary/aromatic N) is 1. The highest BCUT2D eigenvalue weighted by molar-refractivity contribution is 5.98. The molecule has 0 spiro atoms. The van der Waals surface area contributed by atoms with Crippen molar-refractivity contribution in [2.24, 2.45) is 0 Å². The van der Waals surface area contributed by atoms with Crippen LogP contribution in [0, 0.1) is 0 Å². The van der Waals surface area contributed by atoms with E-state index in [1.165, 1.54) is 5.56 Å². The highest BCUT2D eigenvalue weighted by atomic mass is 16.5. The monoisotopic (exact) mass is 277 g/mol. The molecule has 1 N–H and O–H groups in total. The number of hydrogen-bond donors (Lipinski definition) is 1. The largest absolute Gasteiger partial charge is 0.387 e. The third-order valence-corrected chi connectivity index (χ3v) is 3.31. The van der Waals surface area contributed by atoms with Crippen LogP contribution in [0.15, 0.2) is 24.3 Å². The van der Waals surface area contributed by atoms with Gasteiger partial charge in [-0.3, -0.25) is 14.5 Å². The third kappa shape index (κ3) is 3.43. The molecule has 5 heteroatoms. The summed E-state index contributed by atoms with van der Waals surface area (Å²) in [5, 5.41) is 10.1. The summed E-state index contributed by atoms with van der Waals surface area (Å²) in [7, 11) is 0. The van der Waals surface area contributed by atoms with Crippen molar-refractivity contribution in [3.8, 4) is 0 Å². The van der Waals surface area contributed by atoms with E-state index in [4.69, 9.17) is 4.74 Å². The Bertz CT molecular complexity index is 467. The first kappa shape index (κ1) is 14.7. The quantitative estimate of drug-likeness (QED) is 0.817. The van der Waals surface area contributed by atoms with Gasteiger partial charge in [-0.05, 0) is 17.5 Å². The highest BCUT2D eigenvalue weighted by Gasteiger charge is 2.28. The zero-order valence-corrected chi connectivity index (χ0v) is 11.5. The van der Waals surface area contributed by atoms with Gasteiger partial charge in [-0.25, -0.2) is 0 Å². The molecule has 2 amide bonds. The minimum atomic E-state index is -0.864. The van der Waals surface area contributed by atoms with Gasteiger partial charge in [0, 0.05) is 0 Å². The number of β-amino-alcohol motifs (C(OH)–C–C–N with tert-alkyl or cyclic N) is 1. The van der Waals surface area contributed by atoms with Crippen LogP contribution in [-0.2, 0) is 20.7 Å². The fourth-order valence-electron chi connectivity index (χ4n) is 2.20. The summed E-state index contributed by atoms with van der Waals surface area (Å²) >= 11 is 0. The highest BCUT2D eigenvalue weighted by Crippen LogP contribution is 2.17. The van der Waals surface area contributed by atoms with E-state index in [0.717, 1.165) is 17.7 Å². The lowest BCUT2D eigenvalue weighted by atomic mass is 10.0. The molecular weight excluding hydrogens is 258 g/mol. The predicted octanol–water partition coefficient (Wildman–Crippen LogP) is 1.06. The Morgan fingerprint density at radius 2 is 1.80 bits per heavy atom. The van der Waals surface area contributed by atoms with E-state index in [1.807, 2.05) is 24.3 Å². The summed E-state index contributed by atoms with van der Waals surface area (Å²) in [5.41, 5.74) is 1.92. The summed E-state index contributed by atoms with van der Waals surface area (Å²) in [4.78, 5) is 24.2. The van der Waals surface area contributed by atoms with Crippen LogP contribution in [0.25, 0.3) is 0 Å². The second kappa shape index (κ2) is 6.63. The van der Waals surface area contributed by atoms with Gasteiger partial charge in [0.05, 0.1) is 12.6 Å². The van der Waals surface area contributed by atoms with Crippen LogP contribution in [0.3, 0.4) is 0 Å². The number of carbonyl (C=O) groups is 2. The molecule has 0 bridgehead atoms. The van der Waals surface area contributed by atoms with Crippen molar-refractivity contribution in [1.82, 2.24) is 4.90 Å². The standard InChI is InChI=1S/C15H19NO4/c1-2-3-11-4-6-12(7-5-11)13(17)8-16-14(18)9-20-10-15(16)19/h4-7,13,17H,2-3,8-10H2,1H3. The van der Waals surface area contributed by atoms with E-state index < -0.39 is 17.9 Å². The first-order valence-corrected chi connectivity index (χ1v) is 6.79. The van der Waals surface area contributed by atoms with Crippen molar-refractivity contribution in [3.63, 3.8) is 0 Å². The summed E-state index contributed by atoms with van der Waals surface area (Å²) in [6.07, 6.45) is 1.20. The molecule has 5 nitrogen and oxygen atoms in total. The third-order valence-electron chi connectivity index (χ3n) is 3.31. The number of amides is 2. The first-order valence-electron chi connectivity index (χ1n) is 6.79. The van der Waals surface area contributed by atoms with Crippen LogP contribution in [0.2, 0.25) is 0 Å². The number of imide groups is 1. The molecule has 0 saturated carbocycles. The Balaban J connectivity index is 2.01. The molecule has 2 rings (SSSR count). The molecule has 1 aliphatic rings. The molecule has 1 unspecified atom stereocenters. The molecule has 1 aromatic carbocycles. The summed E-state index contributed by atoms with van der Waals surface area (Å²) in [5.74, 6) is -0.800. The Labute approximate surface area is 118 Å². The zero-order chi connectivity index (χ0) is 14.5. The fourth-order valence-corrected chi connectivity index (χ4v) is 2.20. The molecule has 0 radical (unpaired) electrons. The molecule has 1 saturated heterocycles. The number of ether oxygens (including phenoxy) is 1. The first-order chi connectivity index (χ1) is 9.61. The maximum atomic E-state index is 11.6. The molecule has 108 valence electrons. The Morgan fingerprint density at radius 3 is 2.35 bits per heavy atom. The van der Waals surface area contributed by atoms with Crippen LogP contribution in [0.4, 0.5) is 0 Å². The van der Waals surface area contributed by atoms with Gasteiger partial charge in [0.1, 0.15) is 13.2 Å². The van der Waals surface area contributed by atoms with Crippen molar-refractivity contribution in [2.45, 2.75) is 25.9 Å².